The number of carbonyl (C=O) groups excluding carboxylic acids is 2. The number of phenols is 2. The molecule has 2 amide bonds. The monoisotopic (exact) mass is 405 g/mol. The molecule has 0 aromatic heterocycles. The van der Waals surface area contributed by atoms with Crippen LogP contribution in [0.25, 0.3) is 6.08 Å². The topological polar surface area (TPSA) is 77.8 Å². The summed E-state index contributed by atoms with van der Waals surface area (Å²) < 4.78 is 0.916. The van der Waals surface area contributed by atoms with Crippen LogP contribution in [-0.2, 0) is 11.3 Å². The van der Waals surface area contributed by atoms with Crippen molar-refractivity contribution in [3.63, 3.8) is 0 Å². The molecule has 0 bridgehead atoms. The van der Waals surface area contributed by atoms with Gasteiger partial charge in [0.25, 0.3) is 11.1 Å². The lowest BCUT2D eigenvalue weighted by molar-refractivity contribution is -0.123. The molecule has 1 heterocycles. The third-order valence-electron chi connectivity index (χ3n) is 3.46. The molecule has 1 aliphatic rings. The zero-order chi connectivity index (χ0) is 17.3. The zero-order valence-corrected chi connectivity index (χ0v) is 14.7. The minimum absolute atomic E-state index is 0.182. The predicted molar refractivity (Wildman–Crippen MR) is 95.4 cm³/mol. The van der Waals surface area contributed by atoms with Crippen LogP contribution < -0.4 is 0 Å². The Morgan fingerprint density at radius 2 is 1.79 bits per heavy atom. The van der Waals surface area contributed by atoms with Crippen LogP contribution in [0.3, 0.4) is 0 Å². The summed E-state index contributed by atoms with van der Waals surface area (Å²) in [5.74, 6) is -1.02. The van der Waals surface area contributed by atoms with Crippen molar-refractivity contribution in [3.8, 4) is 11.5 Å². The number of halogens is 1. The molecular formula is C17H12BrNO4S. The summed E-state index contributed by atoms with van der Waals surface area (Å²) in [7, 11) is 0. The maximum absolute atomic E-state index is 12.5. The number of rotatable bonds is 3. The molecule has 2 aromatic rings. The van der Waals surface area contributed by atoms with E-state index in [-0.39, 0.29) is 33.8 Å². The van der Waals surface area contributed by atoms with Gasteiger partial charge in [0, 0.05) is 10.0 Å². The number of thioether (sulfide) groups is 1. The van der Waals surface area contributed by atoms with Crippen LogP contribution in [0.15, 0.2) is 51.8 Å². The van der Waals surface area contributed by atoms with Crippen LogP contribution in [0, 0.1) is 0 Å². The van der Waals surface area contributed by atoms with Crippen LogP contribution >= 0.6 is 27.7 Å². The summed E-state index contributed by atoms with van der Waals surface area (Å²) in [6.07, 6.45) is 1.40. The quantitative estimate of drug-likeness (QED) is 0.593. The highest BCUT2D eigenvalue weighted by Gasteiger charge is 2.35. The van der Waals surface area contributed by atoms with Gasteiger partial charge in [0.15, 0.2) is 11.5 Å². The van der Waals surface area contributed by atoms with E-state index in [1.165, 1.54) is 12.1 Å². The minimum atomic E-state index is -0.421. The fraction of sp³-hybridized carbons (Fsp3) is 0.0588. The second kappa shape index (κ2) is 6.70. The van der Waals surface area contributed by atoms with E-state index in [4.69, 9.17) is 0 Å². The number of hydrogen-bond acceptors (Lipinski definition) is 5. The molecular weight excluding hydrogens is 394 g/mol. The molecule has 0 spiro atoms. The highest BCUT2D eigenvalue weighted by Crippen LogP contribution is 2.36. The van der Waals surface area contributed by atoms with Gasteiger partial charge in [-0.05, 0) is 41.6 Å². The molecule has 122 valence electrons. The smallest absolute Gasteiger partial charge is 0.293 e. The molecule has 0 radical (unpaired) electrons. The lowest BCUT2D eigenvalue weighted by Crippen LogP contribution is -2.27. The average molecular weight is 406 g/mol. The van der Waals surface area contributed by atoms with Gasteiger partial charge in [0.05, 0.1) is 11.4 Å². The lowest BCUT2D eigenvalue weighted by Gasteiger charge is -2.12. The molecule has 1 fully saturated rings. The van der Waals surface area contributed by atoms with Crippen LogP contribution in [0.1, 0.15) is 11.1 Å². The largest absolute Gasteiger partial charge is 0.504 e. The van der Waals surface area contributed by atoms with Gasteiger partial charge in [-0.2, -0.15) is 0 Å². The third kappa shape index (κ3) is 3.32. The van der Waals surface area contributed by atoms with E-state index < -0.39 is 5.91 Å². The van der Waals surface area contributed by atoms with E-state index in [2.05, 4.69) is 15.9 Å². The van der Waals surface area contributed by atoms with E-state index in [0.29, 0.717) is 0 Å². The van der Waals surface area contributed by atoms with Gasteiger partial charge < -0.3 is 10.2 Å². The fourth-order valence-electron chi connectivity index (χ4n) is 2.22. The minimum Gasteiger partial charge on any atom is -0.504 e. The summed E-state index contributed by atoms with van der Waals surface area (Å²) in [5.41, 5.74) is 1.12. The molecule has 0 saturated carbocycles. The van der Waals surface area contributed by atoms with Crippen LogP contribution in [0.5, 0.6) is 11.5 Å². The molecule has 3 rings (SSSR count). The molecule has 2 N–H and O–H groups in total. The Hall–Kier alpha value is -2.25. The second-order valence-electron chi connectivity index (χ2n) is 5.11. The number of para-hydroxylation sites is 1. The van der Waals surface area contributed by atoms with Crippen molar-refractivity contribution in [1.29, 1.82) is 0 Å². The van der Waals surface area contributed by atoms with Crippen LogP contribution in [0.2, 0.25) is 0 Å². The molecule has 0 unspecified atom stereocenters. The van der Waals surface area contributed by atoms with Crippen LogP contribution in [0.4, 0.5) is 4.79 Å². The summed E-state index contributed by atoms with van der Waals surface area (Å²) >= 11 is 4.15. The molecule has 2 aromatic carbocycles. The lowest BCUT2D eigenvalue weighted by atomic mass is 10.1. The predicted octanol–water partition coefficient (Wildman–Crippen LogP) is 4.10. The Bertz CT molecular complexity index is 848. The number of nitrogens with zero attached hydrogens (tertiary/aromatic N) is 1. The molecule has 5 nitrogen and oxygen atoms in total. The van der Waals surface area contributed by atoms with Crippen molar-refractivity contribution < 1.29 is 19.8 Å². The van der Waals surface area contributed by atoms with Crippen molar-refractivity contribution in [2.24, 2.45) is 0 Å². The van der Waals surface area contributed by atoms with E-state index in [0.717, 1.165) is 26.7 Å². The zero-order valence-electron chi connectivity index (χ0n) is 12.3. The molecule has 1 saturated heterocycles. The molecule has 0 atom stereocenters. The van der Waals surface area contributed by atoms with Crippen molar-refractivity contribution in [1.82, 2.24) is 4.90 Å². The van der Waals surface area contributed by atoms with Gasteiger partial charge in [-0.3, -0.25) is 14.5 Å². The first-order valence-electron chi connectivity index (χ1n) is 6.96. The highest BCUT2D eigenvalue weighted by molar-refractivity contribution is 9.10. The summed E-state index contributed by atoms with van der Waals surface area (Å²) in [5, 5.41) is 19.0. The number of imide groups is 1. The number of phenolic OH excluding ortho intramolecular Hbond substituents is 2. The number of benzene rings is 2. The number of amides is 2. The molecule has 1 aliphatic heterocycles. The van der Waals surface area contributed by atoms with Gasteiger partial charge >= 0.3 is 0 Å². The van der Waals surface area contributed by atoms with Crippen molar-refractivity contribution in [2.45, 2.75) is 6.54 Å². The molecule has 0 aliphatic carbocycles. The van der Waals surface area contributed by atoms with Gasteiger partial charge in [0.1, 0.15) is 0 Å². The van der Waals surface area contributed by atoms with Crippen molar-refractivity contribution in [3.05, 3.63) is 63.0 Å². The standard InChI is InChI=1S/C17H12BrNO4S/c18-12-6-4-10(5-7-12)9-19-16(22)14(24-17(19)23)8-11-2-1-3-13(20)15(11)21/h1-8,20-21H,9H2. The van der Waals surface area contributed by atoms with E-state index >= 15 is 0 Å². The molecule has 24 heavy (non-hydrogen) atoms. The first-order chi connectivity index (χ1) is 11.5. The Kier molecular flexibility index (Phi) is 4.64. The number of aromatic hydroxyl groups is 2. The third-order valence-corrected chi connectivity index (χ3v) is 4.90. The van der Waals surface area contributed by atoms with Gasteiger partial charge in [0.2, 0.25) is 0 Å². The average Bonchev–Trinajstić information content (AvgIpc) is 2.81. The number of hydrogen-bond donors (Lipinski definition) is 2. The Balaban J connectivity index is 1.84. The normalized spacial score (nSPS) is 16.2. The van der Waals surface area contributed by atoms with Crippen molar-refractivity contribution in [2.75, 3.05) is 0 Å². The van der Waals surface area contributed by atoms with Gasteiger partial charge in [-0.1, -0.05) is 40.2 Å². The summed E-state index contributed by atoms with van der Waals surface area (Å²) in [6, 6.07) is 11.8. The van der Waals surface area contributed by atoms with Gasteiger partial charge in [-0.25, -0.2) is 0 Å². The maximum Gasteiger partial charge on any atom is 0.293 e. The first kappa shape index (κ1) is 16.6. The van der Waals surface area contributed by atoms with E-state index in [9.17, 15) is 19.8 Å². The number of carbonyl (C=O) groups is 2. The van der Waals surface area contributed by atoms with Crippen molar-refractivity contribution >= 4 is 44.9 Å². The summed E-state index contributed by atoms with van der Waals surface area (Å²) in [6.45, 7) is 0.182. The highest BCUT2D eigenvalue weighted by atomic mass is 79.9. The summed E-state index contributed by atoms with van der Waals surface area (Å²) in [4.78, 5) is 25.9. The first-order valence-corrected chi connectivity index (χ1v) is 8.57. The Morgan fingerprint density at radius 3 is 2.50 bits per heavy atom. The Labute approximate surface area is 150 Å². The SMILES string of the molecule is O=C1SC(=Cc2cccc(O)c2O)C(=O)N1Cc1ccc(Br)cc1. The van der Waals surface area contributed by atoms with Gasteiger partial charge in [-0.15, -0.1) is 0 Å². The fourth-order valence-corrected chi connectivity index (χ4v) is 3.31. The van der Waals surface area contributed by atoms with Crippen LogP contribution in [-0.4, -0.2) is 26.3 Å². The Morgan fingerprint density at radius 1 is 1.08 bits per heavy atom. The van der Waals surface area contributed by atoms with E-state index in [1.54, 1.807) is 12.1 Å². The second-order valence-corrected chi connectivity index (χ2v) is 7.02. The molecule has 7 heteroatoms. The van der Waals surface area contributed by atoms with E-state index in [1.807, 2.05) is 24.3 Å². The maximum atomic E-state index is 12.5.